The maximum atomic E-state index is 12.0. The van der Waals surface area contributed by atoms with Crippen molar-refractivity contribution in [2.75, 3.05) is 32.0 Å². The van der Waals surface area contributed by atoms with Gasteiger partial charge in [0.05, 0.1) is 17.2 Å². The average molecular weight is 376 g/mol. The van der Waals surface area contributed by atoms with E-state index in [0.29, 0.717) is 11.3 Å². The molecule has 0 aliphatic heterocycles. The van der Waals surface area contributed by atoms with Crippen LogP contribution in [-0.2, 0) is 9.59 Å². The van der Waals surface area contributed by atoms with Crippen LogP contribution in [0.3, 0.4) is 0 Å². The van der Waals surface area contributed by atoms with Crippen LogP contribution in [0.2, 0.25) is 0 Å². The molecule has 0 saturated heterocycles. The standard InChI is InChI=1S/C15H19F3N4O4/c1-10-3-4-11(22(25)26)7-12(10)20-13(23)5-6-21(2)8-14(24)19-9-15(16,17)18/h3-4,7H,5-6,8-9H2,1-2H3,(H,19,24)(H,20,23). The molecule has 26 heavy (non-hydrogen) atoms. The first-order chi connectivity index (χ1) is 12.0. The zero-order valence-corrected chi connectivity index (χ0v) is 14.2. The molecule has 0 aliphatic rings. The van der Waals surface area contributed by atoms with Crippen LogP contribution in [0, 0.1) is 17.0 Å². The lowest BCUT2D eigenvalue weighted by molar-refractivity contribution is -0.384. The van der Waals surface area contributed by atoms with Crippen LogP contribution in [-0.4, -0.2) is 54.5 Å². The van der Waals surface area contributed by atoms with Crippen molar-refractivity contribution < 1.29 is 27.7 Å². The SMILES string of the molecule is Cc1ccc([N+](=O)[O-])cc1NC(=O)CCN(C)CC(=O)NCC(F)(F)F. The Balaban J connectivity index is 2.45. The summed E-state index contributed by atoms with van der Waals surface area (Å²) in [5.74, 6) is -1.24. The van der Waals surface area contributed by atoms with Crippen LogP contribution in [0.1, 0.15) is 12.0 Å². The summed E-state index contributed by atoms with van der Waals surface area (Å²) in [7, 11) is 1.49. The van der Waals surface area contributed by atoms with Crippen molar-refractivity contribution in [1.82, 2.24) is 10.2 Å². The first-order valence-electron chi connectivity index (χ1n) is 7.55. The number of carbonyl (C=O) groups is 2. The number of nitro groups is 1. The molecule has 0 aliphatic carbocycles. The molecule has 0 aromatic heterocycles. The van der Waals surface area contributed by atoms with Crippen molar-refractivity contribution >= 4 is 23.2 Å². The summed E-state index contributed by atoms with van der Waals surface area (Å²) >= 11 is 0. The molecule has 0 saturated carbocycles. The van der Waals surface area contributed by atoms with Gasteiger partial charge in [0.25, 0.3) is 5.69 Å². The van der Waals surface area contributed by atoms with Crippen molar-refractivity contribution in [3.63, 3.8) is 0 Å². The minimum Gasteiger partial charge on any atom is -0.346 e. The lowest BCUT2D eigenvalue weighted by Crippen LogP contribution is -2.40. The van der Waals surface area contributed by atoms with Crippen molar-refractivity contribution in [1.29, 1.82) is 0 Å². The number of nitrogens with zero attached hydrogens (tertiary/aromatic N) is 2. The van der Waals surface area contributed by atoms with Crippen molar-refractivity contribution in [2.24, 2.45) is 0 Å². The Morgan fingerprint density at radius 2 is 1.92 bits per heavy atom. The van der Waals surface area contributed by atoms with Gasteiger partial charge in [-0.15, -0.1) is 0 Å². The topological polar surface area (TPSA) is 105 Å². The Morgan fingerprint density at radius 3 is 2.50 bits per heavy atom. The number of aryl methyl sites for hydroxylation is 1. The van der Waals surface area contributed by atoms with Gasteiger partial charge in [0, 0.05) is 25.1 Å². The van der Waals surface area contributed by atoms with Crippen LogP contribution in [0.5, 0.6) is 0 Å². The molecule has 0 fully saturated rings. The molecule has 0 atom stereocenters. The third-order valence-corrected chi connectivity index (χ3v) is 3.33. The highest BCUT2D eigenvalue weighted by molar-refractivity contribution is 5.92. The summed E-state index contributed by atoms with van der Waals surface area (Å²) in [5.41, 5.74) is 0.781. The number of amides is 2. The average Bonchev–Trinajstić information content (AvgIpc) is 2.52. The van der Waals surface area contributed by atoms with Gasteiger partial charge in [-0.2, -0.15) is 13.2 Å². The Morgan fingerprint density at radius 1 is 1.27 bits per heavy atom. The molecule has 0 radical (unpaired) electrons. The number of benzene rings is 1. The van der Waals surface area contributed by atoms with Crippen molar-refractivity contribution in [3.05, 3.63) is 33.9 Å². The highest BCUT2D eigenvalue weighted by atomic mass is 19.4. The van der Waals surface area contributed by atoms with Gasteiger partial charge in [-0.05, 0) is 19.5 Å². The molecule has 0 unspecified atom stereocenters. The number of alkyl halides is 3. The molecular weight excluding hydrogens is 357 g/mol. The second-order valence-electron chi connectivity index (χ2n) is 5.68. The molecule has 1 rings (SSSR count). The highest BCUT2D eigenvalue weighted by Crippen LogP contribution is 2.21. The number of hydrogen-bond donors (Lipinski definition) is 2. The van der Waals surface area contributed by atoms with E-state index < -0.39 is 29.5 Å². The van der Waals surface area contributed by atoms with E-state index in [4.69, 9.17) is 0 Å². The summed E-state index contributed by atoms with van der Waals surface area (Å²) in [6, 6.07) is 4.06. The maximum absolute atomic E-state index is 12.0. The quantitative estimate of drug-likeness (QED) is 0.532. The summed E-state index contributed by atoms with van der Waals surface area (Å²) in [4.78, 5) is 34.9. The number of nitrogens with one attached hydrogen (secondary N) is 2. The summed E-state index contributed by atoms with van der Waals surface area (Å²) in [5, 5.41) is 15.0. The zero-order chi connectivity index (χ0) is 19.9. The van der Waals surface area contributed by atoms with Crippen LogP contribution < -0.4 is 10.6 Å². The van der Waals surface area contributed by atoms with E-state index in [0.717, 1.165) is 0 Å². The lowest BCUT2D eigenvalue weighted by atomic mass is 10.1. The van der Waals surface area contributed by atoms with E-state index in [1.54, 1.807) is 12.2 Å². The van der Waals surface area contributed by atoms with Gasteiger partial charge >= 0.3 is 6.18 Å². The molecule has 0 spiro atoms. The van der Waals surface area contributed by atoms with Crippen LogP contribution in [0.15, 0.2) is 18.2 Å². The Kier molecular flexibility index (Phi) is 7.50. The van der Waals surface area contributed by atoms with E-state index >= 15 is 0 Å². The number of hydrogen-bond acceptors (Lipinski definition) is 5. The van der Waals surface area contributed by atoms with E-state index in [1.165, 1.54) is 30.1 Å². The normalized spacial score (nSPS) is 11.3. The second-order valence-corrected chi connectivity index (χ2v) is 5.68. The monoisotopic (exact) mass is 376 g/mol. The fourth-order valence-electron chi connectivity index (χ4n) is 1.94. The van der Waals surface area contributed by atoms with Crippen LogP contribution in [0.25, 0.3) is 0 Å². The number of likely N-dealkylation sites (N-methyl/N-ethyl adjacent to an activating group) is 1. The second kappa shape index (κ2) is 9.13. The lowest BCUT2D eigenvalue weighted by Gasteiger charge is -2.16. The van der Waals surface area contributed by atoms with E-state index in [1.807, 2.05) is 0 Å². The van der Waals surface area contributed by atoms with Gasteiger partial charge in [-0.3, -0.25) is 24.6 Å². The number of nitro benzene ring substituents is 1. The Labute approximate surface area is 147 Å². The van der Waals surface area contributed by atoms with Gasteiger partial charge in [0.1, 0.15) is 6.54 Å². The molecule has 1 aromatic carbocycles. The first-order valence-corrected chi connectivity index (χ1v) is 7.55. The minimum absolute atomic E-state index is 0.0365. The minimum atomic E-state index is -4.48. The molecule has 8 nitrogen and oxygen atoms in total. The van der Waals surface area contributed by atoms with E-state index in [-0.39, 0.29) is 25.2 Å². The first kappa shape index (κ1) is 21.4. The number of halogens is 3. The molecule has 2 N–H and O–H groups in total. The molecular formula is C15H19F3N4O4. The molecule has 11 heteroatoms. The molecule has 0 bridgehead atoms. The highest BCUT2D eigenvalue weighted by Gasteiger charge is 2.27. The fourth-order valence-corrected chi connectivity index (χ4v) is 1.94. The number of rotatable bonds is 8. The fraction of sp³-hybridized carbons (Fsp3) is 0.467. The summed E-state index contributed by atoms with van der Waals surface area (Å²) < 4.78 is 36.0. The number of anilines is 1. The van der Waals surface area contributed by atoms with Crippen LogP contribution >= 0.6 is 0 Å². The number of non-ortho nitro benzene ring substituents is 1. The zero-order valence-electron chi connectivity index (χ0n) is 14.2. The smallest absolute Gasteiger partial charge is 0.346 e. The van der Waals surface area contributed by atoms with E-state index in [9.17, 15) is 32.9 Å². The maximum Gasteiger partial charge on any atom is 0.405 e. The predicted octanol–water partition coefficient (Wildman–Crippen LogP) is 1.84. The van der Waals surface area contributed by atoms with Crippen molar-refractivity contribution in [3.8, 4) is 0 Å². The third-order valence-electron chi connectivity index (χ3n) is 3.33. The number of carbonyl (C=O) groups excluding carboxylic acids is 2. The largest absolute Gasteiger partial charge is 0.405 e. The third kappa shape index (κ3) is 7.92. The molecule has 0 heterocycles. The predicted molar refractivity (Wildman–Crippen MR) is 87.6 cm³/mol. The van der Waals surface area contributed by atoms with Gasteiger partial charge in [0.2, 0.25) is 11.8 Å². The Bertz CT molecular complexity index is 679. The molecule has 1 aromatic rings. The molecule has 2 amide bonds. The van der Waals surface area contributed by atoms with Gasteiger partial charge < -0.3 is 10.6 Å². The van der Waals surface area contributed by atoms with Crippen molar-refractivity contribution in [2.45, 2.75) is 19.5 Å². The molecule has 144 valence electrons. The van der Waals surface area contributed by atoms with Gasteiger partial charge in [-0.1, -0.05) is 6.07 Å². The summed E-state index contributed by atoms with van der Waals surface area (Å²) in [6.45, 7) is 0.0983. The van der Waals surface area contributed by atoms with Crippen LogP contribution in [0.4, 0.5) is 24.5 Å². The summed E-state index contributed by atoms with van der Waals surface area (Å²) in [6.07, 6.45) is -4.52. The van der Waals surface area contributed by atoms with E-state index in [2.05, 4.69) is 5.32 Å². The Hall–Kier alpha value is -2.69. The van der Waals surface area contributed by atoms with Gasteiger partial charge in [-0.25, -0.2) is 0 Å². The van der Waals surface area contributed by atoms with Gasteiger partial charge in [0.15, 0.2) is 0 Å².